The fourth-order valence-electron chi connectivity index (χ4n) is 2.20. The number of aromatic nitrogens is 1. The lowest BCUT2D eigenvalue weighted by molar-refractivity contribution is 0.251. The lowest BCUT2D eigenvalue weighted by Gasteiger charge is -2.22. The Morgan fingerprint density at radius 3 is 2.94 bits per heavy atom. The summed E-state index contributed by atoms with van der Waals surface area (Å²) in [5.41, 5.74) is 1.32. The van der Waals surface area contributed by atoms with Gasteiger partial charge in [0.25, 0.3) is 0 Å². The normalized spacial score (nSPS) is 15.2. The van der Waals surface area contributed by atoms with E-state index in [1.165, 1.54) is 37.8 Å². The second-order valence-corrected chi connectivity index (χ2v) is 4.82. The molecule has 0 bridgehead atoms. The molecule has 1 aromatic heterocycles. The molecule has 0 aliphatic heterocycles. The molecule has 3 heteroatoms. The molecule has 1 aliphatic rings. The minimum absolute atomic E-state index is 0.825. The highest BCUT2D eigenvalue weighted by Crippen LogP contribution is 2.29. The van der Waals surface area contributed by atoms with Gasteiger partial charge in [-0.05, 0) is 31.9 Å². The highest BCUT2D eigenvalue weighted by molar-refractivity contribution is 5.42. The molecule has 1 heterocycles. The van der Waals surface area contributed by atoms with Crippen LogP contribution in [-0.4, -0.2) is 29.5 Å². The molecule has 2 rings (SSSR count). The van der Waals surface area contributed by atoms with Gasteiger partial charge >= 0.3 is 0 Å². The van der Waals surface area contributed by atoms with E-state index in [9.17, 15) is 0 Å². The van der Waals surface area contributed by atoms with Gasteiger partial charge in [0.2, 0.25) is 0 Å². The summed E-state index contributed by atoms with van der Waals surface area (Å²) in [5, 5.41) is 3.18. The van der Waals surface area contributed by atoms with Crippen LogP contribution in [0.25, 0.3) is 0 Å². The van der Waals surface area contributed by atoms with Gasteiger partial charge in [0.1, 0.15) is 5.82 Å². The molecule has 1 fully saturated rings. The molecule has 0 amide bonds. The topological polar surface area (TPSA) is 28.2 Å². The molecular formula is C14H23N3. The van der Waals surface area contributed by atoms with Gasteiger partial charge in [0.15, 0.2) is 0 Å². The third-order valence-corrected chi connectivity index (χ3v) is 3.36. The Morgan fingerprint density at radius 2 is 2.29 bits per heavy atom. The average molecular weight is 233 g/mol. The van der Waals surface area contributed by atoms with Gasteiger partial charge in [-0.25, -0.2) is 4.98 Å². The van der Waals surface area contributed by atoms with Gasteiger partial charge in [-0.3, -0.25) is 4.90 Å². The number of hydrogen-bond acceptors (Lipinski definition) is 3. The Hall–Kier alpha value is -1.09. The van der Waals surface area contributed by atoms with Crippen LogP contribution in [-0.2, 0) is 6.54 Å². The minimum atomic E-state index is 0.825. The summed E-state index contributed by atoms with van der Waals surface area (Å²) in [5.74, 6) is 1.02. The summed E-state index contributed by atoms with van der Waals surface area (Å²) >= 11 is 0. The van der Waals surface area contributed by atoms with Crippen LogP contribution >= 0.6 is 0 Å². The predicted molar refractivity (Wildman–Crippen MR) is 72.1 cm³/mol. The first kappa shape index (κ1) is 12.4. The van der Waals surface area contributed by atoms with Crippen molar-refractivity contribution in [2.45, 2.75) is 45.2 Å². The number of pyridine rings is 1. The number of nitrogens with zero attached hydrogens (tertiary/aromatic N) is 2. The van der Waals surface area contributed by atoms with Gasteiger partial charge in [-0.1, -0.05) is 19.4 Å². The molecule has 1 aliphatic carbocycles. The van der Waals surface area contributed by atoms with Gasteiger partial charge in [0.05, 0.1) is 0 Å². The van der Waals surface area contributed by atoms with Crippen molar-refractivity contribution in [2.24, 2.45) is 0 Å². The van der Waals surface area contributed by atoms with Crippen molar-refractivity contribution in [1.82, 2.24) is 9.88 Å². The fraction of sp³-hybridized carbons (Fsp3) is 0.643. The first-order valence-electron chi connectivity index (χ1n) is 6.70. The zero-order valence-electron chi connectivity index (χ0n) is 10.9. The maximum atomic E-state index is 4.37. The highest BCUT2D eigenvalue weighted by Gasteiger charge is 2.28. The van der Waals surface area contributed by atoms with Crippen LogP contribution in [0.4, 0.5) is 5.82 Å². The summed E-state index contributed by atoms with van der Waals surface area (Å²) in [7, 11) is 1.94. The zero-order chi connectivity index (χ0) is 12.1. The molecule has 0 aromatic carbocycles. The van der Waals surface area contributed by atoms with Crippen LogP contribution in [0.5, 0.6) is 0 Å². The molecule has 0 atom stereocenters. The second-order valence-electron chi connectivity index (χ2n) is 4.82. The molecule has 0 radical (unpaired) electrons. The van der Waals surface area contributed by atoms with Crippen LogP contribution in [0, 0.1) is 0 Å². The second kappa shape index (κ2) is 6.01. The van der Waals surface area contributed by atoms with Crippen LogP contribution in [0.1, 0.15) is 38.2 Å². The van der Waals surface area contributed by atoms with E-state index in [2.05, 4.69) is 28.2 Å². The van der Waals surface area contributed by atoms with Gasteiger partial charge in [-0.15, -0.1) is 0 Å². The maximum absolute atomic E-state index is 4.37. The smallest absolute Gasteiger partial charge is 0.130 e. The van der Waals surface area contributed by atoms with E-state index >= 15 is 0 Å². The summed E-state index contributed by atoms with van der Waals surface area (Å²) in [6.45, 7) is 4.52. The van der Waals surface area contributed by atoms with E-state index in [0.29, 0.717) is 0 Å². The molecule has 0 unspecified atom stereocenters. The van der Waals surface area contributed by atoms with E-state index in [4.69, 9.17) is 0 Å². The Morgan fingerprint density at radius 1 is 1.47 bits per heavy atom. The number of unbranched alkanes of at least 4 members (excludes halogenated alkanes) is 1. The number of rotatable bonds is 7. The summed E-state index contributed by atoms with van der Waals surface area (Å²) in [4.78, 5) is 6.98. The Balaban J connectivity index is 2.00. The fourth-order valence-corrected chi connectivity index (χ4v) is 2.20. The standard InChI is InChI=1S/C14H23N3/c1-3-4-10-17(13-7-8-13)11-12-6-5-9-16-14(12)15-2/h5-6,9,13H,3-4,7-8,10-11H2,1-2H3,(H,15,16). The van der Waals surface area contributed by atoms with E-state index < -0.39 is 0 Å². The Bertz CT molecular complexity index is 347. The number of anilines is 1. The van der Waals surface area contributed by atoms with E-state index in [1.54, 1.807) is 0 Å². The van der Waals surface area contributed by atoms with Crippen LogP contribution in [0.2, 0.25) is 0 Å². The van der Waals surface area contributed by atoms with E-state index in [1.807, 2.05) is 19.3 Å². The molecule has 17 heavy (non-hydrogen) atoms. The van der Waals surface area contributed by atoms with Crippen molar-refractivity contribution in [1.29, 1.82) is 0 Å². The molecule has 1 saturated carbocycles. The minimum Gasteiger partial charge on any atom is -0.373 e. The van der Waals surface area contributed by atoms with Crippen LogP contribution in [0.3, 0.4) is 0 Å². The summed E-state index contributed by atoms with van der Waals surface area (Å²) in [6, 6.07) is 5.03. The lowest BCUT2D eigenvalue weighted by Crippen LogP contribution is -2.27. The van der Waals surface area contributed by atoms with E-state index in [-0.39, 0.29) is 0 Å². The SMILES string of the molecule is CCCCN(Cc1cccnc1NC)C1CC1. The zero-order valence-corrected chi connectivity index (χ0v) is 10.9. The Labute approximate surface area is 104 Å². The average Bonchev–Trinajstić information content (AvgIpc) is 3.19. The van der Waals surface area contributed by atoms with Crippen LogP contribution < -0.4 is 5.32 Å². The summed E-state index contributed by atoms with van der Waals surface area (Å²) < 4.78 is 0. The molecular weight excluding hydrogens is 210 g/mol. The molecule has 0 saturated heterocycles. The highest BCUT2D eigenvalue weighted by atomic mass is 15.2. The molecule has 1 N–H and O–H groups in total. The van der Waals surface area contributed by atoms with Gasteiger partial charge in [0, 0.05) is 31.4 Å². The predicted octanol–water partition coefficient (Wildman–Crippen LogP) is 2.89. The number of nitrogens with one attached hydrogen (secondary N) is 1. The molecule has 1 aromatic rings. The quantitative estimate of drug-likeness (QED) is 0.785. The molecule has 94 valence electrons. The third-order valence-electron chi connectivity index (χ3n) is 3.36. The van der Waals surface area contributed by atoms with Crippen LogP contribution in [0.15, 0.2) is 18.3 Å². The monoisotopic (exact) mass is 233 g/mol. The number of hydrogen-bond donors (Lipinski definition) is 1. The van der Waals surface area contributed by atoms with E-state index in [0.717, 1.165) is 18.4 Å². The van der Waals surface area contributed by atoms with Gasteiger partial charge in [-0.2, -0.15) is 0 Å². The Kier molecular flexibility index (Phi) is 4.37. The van der Waals surface area contributed by atoms with Crippen molar-refractivity contribution >= 4 is 5.82 Å². The van der Waals surface area contributed by atoms with Crippen molar-refractivity contribution in [3.8, 4) is 0 Å². The molecule has 0 spiro atoms. The van der Waals surface area contributed by atoms with Crippen molar-refractivity contribution in [3.63, 3.8) is 0 Å². The van der Waals surface area contributed by atoms with Gasteiger partial charge < -0.3 is 5.32 Å². The molecule has 3 nitrogen and oxygen atoms in total. The lowest BCUT2D eigenvalue weighted by atomic mass is 10.2. The maximum Gasteiger partial charge on any atom is 0.130 e. The first-order chi connectivity index (χ1) is 8.35. The van der Waals surface area contributed by atoms with Crippen molar-refractivity contribution in [2.75, 3.05) is 18.9 Å². The van der Waals surface area contributed by atoms with Crippen molar-refractivity contribution < 1.29 is 0 Å². The van der Waals surface area contributed by atoms with Crippen molar-refractivity contribution in [3.05, 3.63) is 23.9 Å². The largest absolute Gasteiger partial charge is 0.373 e. The third kappa shape index (κ3) is 3.43. The summed E-state index contributed by atoms with van der Waals surface area (Å²) in [6.07, 6.45) is 7.17. The first-order valence-corrected chi connectivity index (χ1v) is 6.70.